The van der Waals surface area contributed by atoms with E-state index in [9.17, 15) is 0 Å². The Morgan fingerprint density at radius 1 is 1.05 bits per heavy atom. The van der Waals surface area contributed by atoms with Crippen LogP contribution in [0.25, 0.3) is 0 Å². The van der Waals surface area contributed by atoms with Gasteiger partial charge < -0.3 is 9.64 Å². The number of nitrogens with zero attached hydrogens (tertiary/aromatic N) is 1. The Bertz CT molecular complexity index is 434. The minimum absolute atomic E-state index is 0.502. The summed E-state index contributed by atoms with van der Waals surface area (Å²) in [6.07, 6.45) is 5.99. The predicted molar refractivity (Wildman–Crippen MR) is 80.8 cm³/mol. The first-order valence-electron chi connectivity index (χ1n) is 8.29. The number of fused-ring (bicyclic) bond motifs is 3. The minimum Gasteiger partial charge on any atom is -0.376 e. The summed E-state index contributed by atoms with van der Waals surface area (Å²) >= 11 is 0. The lowest BCUT2D eigenvalue weighted by Crippen LogP contribution is -2.51. The Balaban J connectivity index is 1.39. The largest absolute Gasteiger partial charge is 0.376 e. The van der Waals surface area contributed by atoms with Gasteiger partial charge in [-0.2, -0.15) is 0 Å². The maximum atomic E-state index is 6.39. The van der Waals surface area contributed by atoms with E-state index < -0.39 is 0 Å². The fourth-order valence-electron chi connectivity index (χ4n) is 4.03. The van der Waals surface area contributed by atoms with Gasteiger partial charge in [-0.1, -0.05) is 30.3 Å². The monoisotopic (exact) mass is 271 g/mol. The zero-order chi connectivity index (χ0) is 13.4. The van der Waals surface area contributed by atoms with Gasteiger partial charge in [0.25, 0.3) is 0 Å². The van der Waals surface area contributed by atoms with Crippen LogP contribution in [0.5, 0.6) is 0 Å². The molecule has 108 valence electrons. The van der Waals surface area contributed by atoms with Crippen LogP contribution in [0.15, 0.2) is 30.3 Å². The van der Waals surface area contributed by atoms with E-state index in [4.69, 9.17) is 4.74 Å². The summed E-state index contributed by atoms with van der Waals surface area (Å²) in [5.74, 6) is 2.33. The maximum absolute atomic E-state index is 6.39. The Kier molecular flexibility index (Phi) is 3.53. The van der Waals surface area contributed by atoms with Crippen LogP contribution >= 0.6 is 0 Å². The topological polar surface area (TPSA) is 12.5 Å². The quantitative estimate of drug-likeness (QED) is 0.815. The third kappa shape index (κ3) is 2.64. The van der Waals surface area contributed by atoms with Crippen LogP contribution in [-0.2, 0) is 4.74 Å². The van der Waals surface area contributed by atoms with Crippen molar-refractivity contribution < 1.29 is 4.74 Å². The molecule has 3 heterocycles. The number of piperidine rings is 3. The Labute approximate surface area is 122 Å². The van der Waals surface area contributed by atoms with Crippen molar-refractivity contribution in [3.63, 3.8) is 0 Å². The van der Waals surface area contributed by atoms with Crippen LogP contribution in [0, 0.1) is 11.8 Å². The number of hydrogen-bond donors (Lipinski definition) is 0. The van der Waals surface area contributed by atoms with Crippen molar-refractivity contribution in [1.82, 2.24) is 4.90 Å². The summed E-state index contributed by atoms with van der Waals surface area (Å²) in [6, 6.07) is 11.0. The Morgan fingerprint density at radius 3 is 2.40 bits per heavy atom. The van der Waals surface area contributed by atoms with Crippen LogP contribution in [0.3, 0.4) is 0 Å². The average molecular weight is 271 g/mol. The fourth-order valence-corrected chi connectivity index (χ4v) is 4.03. The molecule has 0 radical (unpaired) electrons. The second kappa shape index (κ2) is 5.50. The number of ether oxygens (including phenoxy) is 1. The van der Waals surface area contributed by atoms with E-state index >= 15 is 0 Å². The molecule has 0 amide bonds. The molecule has 20 heavy (non-hydrogen) atoms. The molecule has 1 aromatic rings. The van der Waals surface area contributed by atoms with Crippen molar-refractivity contribution in [2.45, 2.75) is 37.7 Å². The predicted octanol–water partition coefficient (Wildman–Crippen LogP) is 3.29. The third-order valence-corrected chi connectivity index (χ3v) is 5.50. The van der Waals surface area contributed by atoms with E-state index in [1.165, 1.54) is 50.9 Å². The zero-order valence-electron chi connectivity index (χ0n) is 12.2. The molecule has 1 saturated carbocycles. The van der Waals surface area contributed by atoms with Gasteiger partial charge in [0.2, 0.25) is 0 Å². The van der Waals surface area contributed by atoms with Gasteiger partial charge >= 0.3 is 0 Å². The Hall–Kier alpha value is -0.860. The molecule has 2 heteroatoms. The molecule has 1 unspecified atom stereocenters. The van der Waals surface area contributed by atoms with E-state index in [-0.39, 0.29) is 0 Å². The molecule has 4 aliphatic rings. The molecule has 3 aliphatic heterocycles. The highest BCUT2D eigenvalue weighted by molar-refractivity contribution is 5.21. The minimum atomic E-state index is 0.502. The molecule has 3 saturated heterocycles. The average Bonchev–Trinajstić information content (AvgIpc) is 3.35. The van der Waals surface area contributed by atoms with Crippen LogP contribution < -0.4 is 0 Å². The molecule has 0 N–H and O–H groups in total. The summed E-state index contributed by atoms with van der Waals surface area (Å²) in [7, 11) is 0. The summed E-state index contributed by atoms with van der Waals surface area (Å²) in [6.45, 7) is 4.71. The lowest BCUT2D eigenvalue weighted by molar-refractivity contribution is -0.0743. The third-order valence-electron chi connectivity index (χ3n) is 5.50. The maximum Gasteiger partial charge on any atom is 0.0731 e. The highest BCUT2D eigenvalue weighted by atomic mass is 16.5. The molecule has 2 atom stereocenters. The number of rotatable bonds is 5. The van der Waals surface area contributed by atoms with Crippen molar-refractivity contribution >= 4 is 0 Å². The van der Waals surface area contributed by atoms with Gasteiger partial charge in [0.05, 0.1) is 12.7 Å². The molecular formula is C18H25NO. The number of hydrogen-bond acceptors (Lipinski definition) is 2. The van der Waals surface area contributed by atoms with E-state index in [2.05, 4.69) is 35.2 Å². The van der Waals surface area contributed by atoms with Crippen LogP contribution in [-0.4, -0.2) is 37.2 Å². The van der Waals surface area contributed by atoms with Gasteiger partial charge in [0, 0.05) is 12.5 Å². The van der Waals surface area contributed by atoms with E-state index in [1.54, 1.807) is 0 Å². The van der Waals surface area contributed by atoms with Crippen molar-refractivity contribution in [3.8, 4) is 0 Å². The van der Waals surface area contributed by atoms with Crippen molar-refractivity contribution in [2.75, 3.05) is 26.2 Å². The van der Waals surface area contributed by atoms with Crippen molar-refractivity contribution in [3.05, 3.63) is 35.9 Å². The van der Waals surface area contributed by atoms with E-state index in [0.29, 0.717) is 12.0 Å². The van der Waals surface area contributed by atoms with Gasteiger partial charge in [0.1, 0.15) is 0 Å². The van der Waals surface area contributed by atoms with E-state index in [1.807, 2.05) is 0 Å². The summed E-state index contributed by atoms with van der Waals surface area (Å²) in [5, 5.41) is 0. The molecule has 2 bridgehead atoms. The fraction of sp³-hybridized carbons (Fsp3) is 0.667. The molecule has 1 aliphatic carbocycles. The van der Waals surface area contributed by atoms with Gasteiger partial charge in [0.15, 0.2) is 0 Å². The normalized spacial score (nSPS) is 34.1. The summed E-state index contributed by atoms with van der Waals surface area (Å²) < 4.78 is 6.39. The molecule has 0 spiro atoms. The standard InChI is InChI=1S/C18H25NO/c1-2-4-14(5-3-1)17(15-6-7-15)13-20-18-12-19-10-8-16(18)9-11-19/h1-5,15-18H,6-13H2/t17?,18-/m0/s1. The van der Waals surface area contributed by atoms with Gasteiger partial charge in [-0.3, -0.25) is 0 Å². The highest BCUT2D eigenvalue weighted by Gasteiger charge is 2.37. The highest BCUT2D eigenvalue weighted by Crippen LogP contribution is 2.43. The van der Waals surface area contributed by atoms with Gasteiger partial charge in [-0.15, -0.1) is 0 Å². The zero-order valence-corrected chi connectivity index (χ0v) is 12.2. The SMILES string of the molecule is c1ccc(C(CO[C@H]2CN3CCC2CC3)C2CC2)cc1. The Morgan fingerprint density at radius 2 is 1.80 bits per heavy atom. The van der Waals surface area contributed by atoms with Crippen LogP contribution in [0.2, 0.25) is 0 Å². The lowest BCUT2D eigenvalue weighted by Gasteiger charge is -2.44. The van der Waals surface area contributed by atoms with Gasteiger partial charge in [-0.05, 0) is 56.2 Å². The summed E-state index contributed by atoms with van der Waals surface area (Å²) in [4.78, 5) is 2.58. The second-order valence-corrected chi connectivity index (χ2v) is 6.86. The molecule has 4 fully saturated rings. The van der Waals surface area contributed by atoms with Crippen molar-refractivity contribution in [2.24, 2.45) is 11.8 Å². The smallest absolute Gasteiger partial charge is 0.0731 e. The molecule has 2 nitrogen and oxygen atoms in total. The van der Waals surface area contributed by atoms with Crippen LogP contribution in [0.1, 0.15) is 37.2 Å². The first kappa shape index (κ1) is 12.8. The number of benzene rings is 1. The second-order valence-electron chi connectivity index (χ2n) is 6.86. The molecule has 1 aromatic carbocycles. The van der Waals surface area contributed by atoms with Crippen LogP contribution in [0.4, 0.5) is 0 Å². The summed E-state index contributed by atoms with van der Waals surface area (Å²) in [5.41, 5.74) is 1.48. The first-order valence-corrected chi connectivity index (χ1v) is 8.29. The van der Waals surface area contributed by atoms with Crippen molar-refractivity contribution in [1.29, 1.82) is 0 Å². The van der Waals surface area contributed by atoms with E-state index in [0.717, 1.165) is 18.4 Å². The molecular weight excluding hydrogens is 246 g/mol. The van der Waals surface area contributed by atoms with Gasteiger partial charge in [-0.25, -0.2) is 0 Å². The lowest BCUT2D eigenvalue weighted by atomic mass is 9.85. The molecule has 0 aromatic heterocycles. The first-order chi connectivity index (χ1) is 9.90. The molecule has 5 rings (SSSR count).